The van der Waals surface area contributed by atoms with Gasteiger partial charge in [0.15, 0.2) is 11.4 Å². The largest absolute Gasteiger partial charge is 0.486 e. The number of fused-ring (bicyclic) bond motifs is 1. The minimum absolute atomic E-state index is 0.0970. The van der Waals surface area contributed by atoms with Gasteiger partial charge in [0.25, 0.3) is 0 Å². The zero-order valence-electron chi connectivity index (χ0n) is 16.6. The number of aldehydes is 1. The van der Waals surface area contributed by atoms with Gasteiger partial charge in [-0.2, -0.15) is 0 Å². The van der Waals surface area contributed by atoms with Crippen LogP contribution >= 0.6 is 33.9 Å². The lowest BCUT2D eigenvalue weighted by atomic mass is 10.1. The molecule has 0 aliphatic carbocycles. The van der Waals surface area contributed by atoms with Crippen molar-refractivity contribution in [1.82, 2.24) is 9.88 Å². The molecule has 0 amide bonds. The van der Waals surface area contributed by atoms with Gasteiger partial charge in [0.05, 0.1) is 10.2 Å². The molecule has 1 unspecified atom stereocenters. The van der Waals surface area contributed by atoms with E-state index in [-0.39, 0.29) is 6.61 Å². The number of nitrogens with zero attached hydrogens (tertiary/aromatic N) is 3. The number of hydrogen-bond donors (Lipinski definition) is 0. The van der Waals surface area contributed by atoms with Crippen LogP contribution in [0.5, 0.6) is 5.75 Å². The maximum Gasteiger partial charge on any atom is 0.186 e. The molecule has 0 N–H and O–H groups in total. The molecule has 7 heteroatoms. The van der Waals surface area contributed by atoms with Crippen molar-refractivity contribution < 1.29 is 9.53 Å². The Morgan fingerprint density at radius 2 is 2.14 bits per heavy atom. The Morgan fingerprint density at radius 3 is 2.93 bits per heavy atom. The summed E-state index contributed by atoms with van der Waals surface area (Å²) >= 11 is 4.14. The molecule has 0 bridgehead atoms. The predicted molar refractivity (Wildman–Crippen MR) is 127 cm³/mol. The van der Waals surface area contributed by atoms with Crippen LogP contribution in [0.3, 0.4) is 0 Å². The highest BCUT2D eigenvalue weighted by Crippen LogP contribution is 2.32. The zero-order valence-corrected chi connectivity index (χ0v) is 19.6. The number of ether oxygens (including phenoxy) is 1. The molecular weight excluding hydrogens is 497 g/mol. The molecule has 1 aromatic heterocycles. The Morgan fingerprint density at radius 1 is 1.28 bits per heavy atom. The number of hydrogen-bond acceptors (Lipinski definition) is 6. The van der Waals surface area contributed by atoms with Gasteiger partial charge in [-0.3, -0.25) is 9.69 Å². The monoisotopic (exact) mass is 521 g/mol. The normalized spacial score (nSPS) is 17.6. The maximum absolute atomic E-state index is 10.6. The fraction of sp³-hybridized carbons (Fsp3) is 0.364. The number of thiazole rings is 1. The van der Waals surface area contributed by atoms with E-state index in [1.165, 1.54) is 13.8 Å². The van der Waals surface area contributed by atoms with Crippen molar-refractivity contribution in [2.45, 2.75) is 26.4 Å². The van der Waals surface area contributed by atoms with E-state index >= 15 is 0 Å². The van der Waals surface area contributed by atoms with Gasteiger partial charge in [-0.05, 0) is 77.9 Å². The Hall–Kier alpha value is -1.71. The van der Waals surface area contributed by atoms with Gasteiger partial charge in [0.1, 0.15) is 12.4 Å². The third-order valence-electron chi connectivity index (χ3n) is 5.13. The van der Waals surface area contributed by atoms with Crippen LogP contribution in [-0.4, -0.2) is 48.5 Å². The molecule has 2 aromatic carbocycles. The quantitative estimate of drug-likeness (QED) is 0.353. The van der Waals surface area contributed by atoms with Gasteiger partial charge >= 0.3 is 0 Å². The highest BCUT2D eigenvalue weighted by atomic mass is 127. The Bertz CT molecular complexity index is 1020. The highest BCUT2D eigenvalue weighted by Gasteiger charge is 2.26. The van der Waals surface area contributed by atoms with E-state index in [0.717, 1.165) is 54.4 Å². The smallest absolute Gasteiger partial charge is 0.186 e. The Kier molecular flexibility index (Phi) is 6.36. The maximum atomic E-state index is 10.6. The number of aryl methyl sites for hydroxylation is 1. The minimum atomic E-state index is 0.0970. The van der Waals surface area contributed by atoms with Crippen molar-refractivity contribution in [2.75, 3.05) is 31.1 Å². The fourth-order valence-corrected chi connectivity index (χ4v) is 5.69. The highest BCUT2D eigenvalue weighted by molar-refractivity contribution is 14.1. The summed E-state index contributed by atoms with van der Waals surface area (Å²) in [5, 5.41) is 1.12. The summed E-state index contributed by atoms with van der Waals surface area (Å²) in [4.78, 5) is 20.4. The minimum Gasteiger partial charge on any atom is -0.486 e. The van der Waals surface area contributed by atoms with Crippen LogP contribution in [0.1, 0.15) is 18.1 Å². The van der Waals surface area contributed by atoms with Crippen LogP contribution in [0.2, 0.25) is 0 Å². The standard InChI is InChI=1S/C22H24IN3O2S/c1-15-9-17(11-19(10-15)28-8-7-27)14-25-5-6-26(16(2)13-25)22-24-20-4-3-18(23)12-21(20)29-22/h3-4,7,9-12,16H,5-6,8,13-14H2,1-2H3. The van der Waals surface area contributed by atoms with E-state index in [9.17, 15) is 4.79 Å². The number of benzene rings is 2. The molecule has 4 rings (SSSR count). The average molecular weight is 521 g/mol. The van der Waals surface area contributed by atoms with Crippen LogP contribution in [0.25, 0.3) is 10.2 Å². The number of carbonyl (C=O) groups is 1. The first-order chi connectivity index (χ1) is 14.0. The van der Waals surface area contributed by atoms with Crippen molar-refractivity contribution in [3.63, 3.8) is 0 Å². The van der Waals surface area contributed by atoms with Gasteiger partial charge < -0.3 is 9.64 Å². The third kappa shape index (κ3) is 4.90. The van der Waals surface area contributed by atoms with E-state index in [4.69, 9.17) is 9.72 Å². The van der Waals surface area contributed by atoms with E-state index < -0.39 is 0 Å². The number of piperazine rings is 1. The third-order valence-corrected chi connectivity index (χ3v) is 6.86. The Labute approximate surface area is 188 Å². The summed E-state index contributed by atoms with van der Waals surface area (Å²) < 4.78 is 8.00. The second kappa shape index (κ2) is 8.97. The summed E-state index contributed by atoms with van der Waals surface area (Å²) in [5.74, 6) is 0.767. The van der Waals surface area contributed by atoms with Gasteiger partial charge in [0.2, 0.25) is 0 Å². The first-order valence-corrected chi connectivity index (χ1v) is 11.6. The topological polar surface area (TPSA) is 45.7 Å². The number of halogens is 1. The molecule has 1 atom stereocenters. The van der Waals surface area contributed by atoms with Crippen LogP contribution in [0, 0.1) is 10.5 Å². The van der Waals surface area contributed by atoms with Crippen molar-refractivity contribution in [3.05, 3.63) is 51.1 Å². The number of aromatic nitrogens is 1. The summed E-state index contributed by atoms with van der Waals surface area (Å²) in [5.41, 5.74) is 3.46. The lowest BCUT2D eigenvalue weighted by Crippen LogP contribution is -2.51. The van der Waals surface area contributed by atoms with Crippen molar-refractivity contribution in [3.8, 4) is 5.75 Å². The lowest BCUT2D eigenvalue weighted by Gasteiger charge is -2.39. The average Bonchev–Trinajstić information content (AvgIpc) is 3.08. The molecule has 1 aliphatic rings. The second-order valence-corrected chi connectivity index (χ2v) is 9.77. The second-order valence-electron chi connectivity index (χ2n) is 7.52. The van der Waals surface area contributed by atoms with Gasteiger partial charge in [-0.1, -0.05) is 17.4 Å². The van der Waals surface area contributed by atoms with Crippen molar-refractivity contribution in [1.29, 1.82) is 0 Å². The van der Waals surface area contributed by atoms with E-state index in [0.29, 0.717) is 6.04 Å². The molecule has 5 nitrogen and oxygen atoms in total. The summed E-state index contributed by atoms with van der Waals surface area (Å²) in [7, 11) is 0. The summed E-state index contributed by atoms with van der Waals surface area (Å²) in [6.45, 7) is 8.28. The first kappa shape index (κ1) is 20.6. The molecule has 0 saturated carbocycles. The molecule has 1 aliphatic heterocycles. The molecular formula is C22H24IN3O2S. The molecule has 0 radical (unpaired) electrons. The van der Waals surface area contributed by atoms with Crippen molar-refractivity contribution >= 4 is 55.6 Å². The van der Waals surface area contributed by atoms with Crippen LogP contribution in [0.15, 0.2) is 36.4 Å². The molecule has 3 aromatic rings. The van der Waals surface area contributed by atoms with Gasteiger partial charge in [-0.25, -0.2) is 4.98 Å². The van der Waals surface area contributed by atoms with E-state index in [2.05, 4.69) is 70.5 Å². The molecule has 0 spiro atoms. The van der Waals surface area contributed by atoms with Gasteiger partial charge in [-0.15, -0.1) is 0 Å². The van der Waals surface area contributed by atoms with E-state index in [1.807, 2.05) is 12.1 Å². The molecule has 2 heterocycles. The number of carbonyl (C=O) groups excluding carboxylic acids is 1. The summed E-state index contributed by atoms with van der Waals surface area (Å²) in [6.07, 6.45) is 0.784. The first-order valence-electron chi connectivity index (χ1n) is 9.74. The van der Waals surface area contributed by atoms with Crippen LogP contribution < -0.4 is 9.64 Å². The molecule has 1 fully saturated rings. The lowest BCUT2D eigenvalue weighted by molar-refractivity contribution is -0.109. The van der Waals surface area contributed by atoms with Crippen molar-refractivity contribution in [2.24, 2.45) is 0 Å². The zero-order chi connectivity index (χ0) is 20.4. The summed E-state index contributed by atoms with van der Waals surface area (Å²) in [6, 6.07) is 13.0. The van der Waals surface area contributed by atoms with Crippen LogP contribution in [0.4, 0.5) is 5.13 Å². The predicted octanol–water partition coefficient (Wildman–Crippen LogP) is 4.50. The molecule has 152 valence electrons. The van der Waals surface area contributed by atoms with Crippen LogP contribution in [-0.2, 0) is 11.3 Å². The number of rotatable bonds is 6. The molecule has 29 heavy (non-hydrogen) atoms. The SMILES string of the molecule is Cc1cc(CN2CCN(c3nc4ccc(I)cc4s3)C(C)C2)cc(OCC=O)c1. The van der Waals surface area contributed by atoms with Gasteiger partial charge in [0, 0.05) is 35.8 Å². The molecule has 1 saturated heterocycles. The fourth-order valence-electron chi connectivity index (χ4n) is 3.86. The Balaban J connectivity index is 1.43. The van der Waals surface area contributed by atoms with E-state index in [1.54, 1.807) is 11.3 Å². The number of anilines is 1.